The van der Waals surface area contributed by atoms with Crippen LogP contribution in [0.2, 0.25) is 5.04 Å². The van der Waals surface area contributed by atoms with Crippen molar-refractivity contribution in [3.63, 3.8) is 0 Å². The maximum atomic E-state index is 14.2. The van der Waals surface area contributed by atoms with Gasteiger partial charge in [0.1, 0.15) is 37.1 Å². The molecule has 0 unspecified atom stereocenters. The Kier molecular flexibility index (Phi) is 16.5. The summed E-state index contributed by atoms with van der Waals surface area (Å²) in [4.78, 5) is 55.9. The molecule has 0 saturated carbocycles. The number of aliphatic hydroxyl groups excluding tert-OH is 3. The van der Waals surface area contributed by atoms with E-state index in [-0.39, 0.29) is 28.9 Å². The van der Waals surface area contributed by atoms with Crippen molar-refractivity contribution in [2.24, 2.45) is 0 Å². The van der Waals surface area contributed by atoms with Crippen LogP contribution in [0.5, 0.6) is 0 Å². The summed E-state index contributed by atoms with van der Waals surface area (Å²) < 4.78 is 50.2. The van der Waals surface area contributed by atoms with Crippen LogP contribution in [0.15, 0.2) is 182 Å². The van der Waals surface area contributed by atoms with Crippen molar-refractivity contribution < 1.29 is 72.1 Å². The number of rotatable bonds is 16. The first-order valence-electron chi connectivity index (χ1n) is 23.5. The summed E-state index contributed by atoms with van der Waals surface area (Å²) in [6.45, 7) is 5.24. The number of ether oxygens (including phenoxy) is 7. The molecule has 0 amide bonds. The highest BCUT2D eigenvalue weighted by Crippen LogP contribution is 2.39. The predicted octanol–water partition coefficient (Wildman–Crippen LogP) is 5.65. The second kappa shape index (κ2) is 23.1. The molecular formula is C56H56O15Si. The third kappa shape index (κ3) is 11.6. The molecule has 0 radical (unpaired) electrons. The van der Waals surface area contributed by atoms with E-state index in [1.54, 1.807) is 72.8 Å². The molecule has 6 aromatic rings. The predicted molar refractivity (Wildman–Crippen MR) is 264 cm³/mol. The SMILES string of the molecule is CC(C)(C)[Si](OC[C@H]1O[C@H](O)[C@@H](O)[C@@H](O[C@H]2O[C@H](COC(=O)c3ccccc3)[C@@H](OC(=O)c3ccccc3)[C@H](OC(=O)c3ccccc3)[C@@H]2OC(=O)c2ccccc2)[C@@H]1O)(c1ccccc1)c1ccccc1. The van der Waals surface area contributed by atoms with E-state index in [0.29, 0.717) is 0 Å². The molecule has 2 heterocycles. The van der Waals surface area contributed by atoms with E-state index in [2.05, 4.69) is 20.8 Å². The Morgan fingerprint density at radius 2 is 0.847 bits per heavy atom. The summed E-state index contributed by atoms with van der Waals surface area (Å²) in [5.74, 6) is -3.59. The van der Waals surface area contributed by atoms with Crippen LogP contribution >= 0.6 is 0 Å². The molecule has 2 saturated heterocycles. The fourth-order valence-corrected chi connectivity index (χ4v) is 13.5. The monoisotopic (exact) mass is 996 g/mol. The van der Waals surface area contributed by atoms with Gasteiger partial charge in [-0.3, -0.25) is 0 Å². The number of aliphatic hydroxyl groups is 3. The Balaban J connectivity index is 1.18. The van der Waals surface area contributed by atoms with Crippen LogP contribution in [-0.2, 0) is 37.6 Å². The molecule has 8 rings (SSSR count). The molecule has 0 bridgehead atoms. The molecular weight excluding hydrogens is 941 g/mol. The Bertz CT molecular complexity index is 2670. The van der Waals surface area contributed by atoms with Gasteiger partial charge in [0.25, 0.3) is 8.32 Å². The minimum absolute atomic E-state index is 0.0585. The van der Waals surface area contributed by atoms with Gasteiger partial charge >= 0.3 is 23.9 Å². The van der Waals surface area contributed by atoms with Crippen molar-refractivity contribution in [1.29, 1.82) is 0 Å². The lowest BCUT2D eigenvalue weighted by Crippen LogP contribution is -2.69. The summed E-state index contributed by atoms with van der Waals surface area (Å²) in [6.07, 6.45) is -17.7. The first kappa shape index (κ1) is 51.5. The average Bonchev–Trinajstić information content (AvgIpc) is 3.41. The van der Waals surface area contributed by atoms with Crippen LogP contribution in [0.25, 0.3) is 0 Å². The highest BCUT2D eigenvalue weighted by molar-refractivity contribution is 6.99. The van der Waals surface area contributed by atoms with E-state index in [1.165, 1.54) is 48.5 Å². The maximum Gasteiger partial charge on any atom is 0.338 e. The number of benzene rings is 6. The molecule has 2 fully saturated rings. The van der Waals surface area contributed by atoms with E-state index in [9.17, 15) is 34.5 Å². The van der Waals surface area contributed by atoms with Crippen LogP contribution in [0.3, 0.4) is 0 Å². The molecule has 0 aromatic heterocycles. The Hall–Kier alpha value is -6.86. The van der Waals surface area contributed by atoms with Crippen LogP contribution in [0, 0.1) is 0 Å². The minimum Gasteiger partial charge on any atom is -0.459 e. The van der Waals surface area contributed by atoms with Gasteiger partial charge in [0.15, 0.2) is 30.9 Å². The topological polar surface area (TPSA) is 203 Å². The Labute approximate surface area is 417 Å². The third-order valence-corrected chi connectivity index (χ3v) is 17.6. The average molecular weight is 997 g/mol. The first-order valence-corrected chi connectivity index (χ1v) is 25.4. The lowest BCUT2D eigenvalue weighted by Gasteiger charge is -2.48. The van der Waals surface area contributed by atoms with Gasteiger partial charge in [0.05, 0.1) is 28.9 Å². The molecule has 2 aliphatic heterocycles. The zero-order valence-corrected chi connectivity index (χ0v) is 40.7. The van der Waals surface area contributed by atoms with Crippen molar-refractivity contribution in [3.05, 3.63) is 204 Å². The van der Waals surface area contributed by atoms with Crippen LogP contribution in [0.1, 0.15) is 62.2 Å². The van der Waals surface area contributed by atoms with Crippen molar-refractivity contribution in [2.45, 2.75) is 87.2 Å². The standard InChI is InChI=1S/C56H56O15Si/c1-56(2,3)72(40-30-18-8-19-31-40,41-32-20-9-21-33-41)65-35-42-44(57)47(45(58)54(63)66-42)71-55-49(70-53(62)39-28-16-7-17-29-39)48(69-52(61)38-26-14-6-15-27-38)46(68-51(60)37-24-12-5-13-25-37)43(67-55)34-64-50(59)36-22-10-4-11-23-36/h4-33,42-49,54-55,57-58,63H,34-35H2,1-3H3/t42-,43-,44-,45+,46-,47+,48+,49+,54+,55-/m1/s1. The summed E-state index contributed by atoms with van der Waals surface area (Å²) >= 11 is 0. The molecule has 0 aliphatic carbocycles. The van der Waals surface area contributed by atoms with Gasteiger partial charge in [0.2, 0.25) is 0 Å². The minimum atomic E-state index is -3.27. The number of esters is 4. The van der Waals surface area contributed by atoms with E-state index in [0.717, 1.165) is 10.4 Å². The maximum absolute atomic E-state index is 14.2. The van der Waals surface area contributed by atoms with Gasteiger partial charge in [-0.15, -0.1) is 0 Å². The fraction of sp³-hybridized carbons (Fsp3) is 0.286. The van der Waals surface area contributed by atoms with E-state index in [1.807, 2.05) is 60.7 Å². The number of hydrogen-bond acceptors (Lipinski definition) is 15. The second-order valence-corrected chi connectivity index (χ2v) is 22.6. The van der Waals surface area contributed by atoms with Crippen LogP contribution < -0.4 is 10.4 Å². The number of hydrogen-bond donors (Lipinski definition) is 3. The van der Waals surface area contributed by atoms with Gasteiger partial charge in [-0.2, -0.15) is 0 Å². The van der Waals surface area contributed by atoms with Crippen LogP contribution in [-0.4, -0.2) is 122 Å². The summed E-state index contributed by atoms with van der Waals surface area (Å²) in [6, 6.07) is 51.1. The van der Waals surface area contributed by atoms with Crippen LogP contribution in [0.4, 0.5) is 0 Å². The van der Waals surface area contributed by atoms with E-state index >= 15 is 0 Å². The number of carbonyl (C=O) groups excluding carboxylic acids is 4. The molecule has 72 heavy (non-hydrogen) atoms. The lowest BCUT2D eigenvalue weighted by atomic mass is 9.96. The van der Waals surface area contributed by atoms with Crippen molar-refractivity contribution in [1.82, 2.24) is 0 Å². The summed E-state index contributed by atoms with van der Waals surface area (Å²) in [5, 5.41) is 36.7. The molecule has 15 nitrogen and oxygen atoms in total. The normalized spacial score (nSPS) is 24.3. The number of carbonyl (C=O) groups is 4. The quantitative estimate of drug-likeness (QED) is 0.0610. The van der Waals surface area contributed by atoms with Gasteiger partial charge in [0, 0.05) is 0 Å². The van der Waals surface area contributed by atoms with Gasteiger partial charge in [-0.1, -0.05) is 154 Å². The molecule has 16 heteroatoms. The Morgan fingerprint density at radius 3 is 1.28 bits per heavy atom. The largest absolute Gasteiger partial charge is 0.459 e. The smallest absolute Gasteiger partial charge is 0.338 e. The highest BCUT2D eigenvalue weighted by Gasteiger charge is 2.57. The van der Waals surface area contributed by atoms with Crippen molar-refractivity contribution >= 4 is 42.6 Å². The third-order valence-electron chi connectivity index (χ3n) is 12.6. The molecule has 374 valence electrons. The van der Waals surface area contributed by atoms with Gasteiger partial charge in [-0.25, -0.2) is 19.2 Å². The van der Waals surface area contributed by atoms with E-state index < -0.39 is 105 Å². The Morgan fingerprint density at radius 1 is 0.458 bits per heavy atom. The van der Waals surface area contributed by atoms with Crippen molar-refractivity contribution in [3.8, 4) is 0 Å². The molecule has 10 atom stereocenters. The molecule has 6 aromatic carbocycles. The highest BCUT2D eigenvalue weighted by atomic mass is 28.4. The van der Waals surface area contributed by atoms with Gasteiger partial charge in [-0.05, 0) is 63.9 Å². The first-order chi connectivity index (χ1) is 34.7. The van der Waals surface area contributed by atoms with Gasteiger partial charge < -0.3 is 52.9 Å². The molecule has 2 aliphatic rings. The van der Waals surface area contributed by atoms with E-state index in [4.69, 9.17) is 37.6 Å². The second-order valence-electron chi connectivity index (χ2n) is 18.3. The molecule has 0 spiro atoms. The zero-order chi connectivity index (χ0) is 50.8. The zero-order valence-electron chi connectivity index (χ0n) is 39.7. The summed E-state index contributed by atoms with van der Waals surface area (Å²) in [7, 11) is -3.27. The molecule has 3 N–H and O–H groups in total. The fourth-order valence-electron chi connectivity index (χ4n) is 8.98. The van der Waals surface area contributed by atoms with Crippen molar-refractivity contribution in [2.75, 3.05) is 13.2 Å². The lowest BCUT2D eigenvalue weighted by molar-refractivity contribution is -0.353. The summed E-state index contributed by atoms with van der Waals surface area (Å²) in [5.41, 5.74) is 0.394.